The zero-order valence-electron chi connectivity index (χ0n) is 6.46. The summed E-state index contributed by atoms with van der Waals surface area (Å²) in [7, 11) is 0. The van der Waals surface area contributed by atoms with E-state index >= 15 is 0 Å². The van der Waals surface area contributed by atoms with Crippen LogP contribution in [0.1, 0.15) is 6.42 Å². The second-order valence-corrected chi connectivity index (χ2v) is 2.30. The Bertz CT molecular complexity index is 186. The maximum absolute atomic E-state index is 5.34. The first-order valence-electron chi connectivity index (χ1n) is 3.77. The van der Waals surface area contributed by atoms with Gasteiger partial charge in [-0.2, -0.15) is 0 Å². The molecule has 0 fully saturated rings. The van der Waals surface area contributed by atoms with Crippen LogP contribution in [0.2, 0.25) is 0 Å². The molecule has 1 aromatic heterocycles. The number of pyridine rings is 1. The summed E-state index contributed by atoms with van der Waals surface area (Å²) in [5.74, 6) is 0. The van der Waals surface area contributed by atoms with Crippen molar-refractivity contribution in [3.63, 3.8) is 0 Å². The normalized spacial score (nSPS) is 9.55. The third kappa shape index (κ3) is 3.00. The van der Waals surface area contributed by atoms with Crippen LogP contribution in [0.25, 0.3) is 0 Å². The first-order chi connectivity index (χ1) is 5.43. The highest BCUT2D eigenvalue weighted by Crippen LogP contribution is 2.01. The summed E-state index contributed by atoms with van der Waals surface area (Å²) in [5.41, 5.74) is 6.45. The number of nitrogens with two attached hydrogens (primary N) is 1. The van der Waals surface area contributed by atoms with Crippen molar-refractivity contribution < 1.29 is 0 Å². The molecule has 1 rings (SSSR count). The number of hydrogen-bond acceptors (Lipinski definition) is 3. The molecule has 0 aliphatic carbocycles. The Morgan fingerprint density at radius 2 is 2.09 bits per heavy atom. The average Bonchev–Trinajstić information content (AvgIpc) is 2.07. The van der Waals surface area contributed by atoms with Crippen LogP contribution in [-0.4, -0.2) is 18.1 Å². The number of nitrogens with one attached hydrogen (secondary N) is 1. The Balaban J connectivity index is 2.28. The molecular formula is C8H13N3. The van der Waals surface area contributed by atoms with Crippen molar-refractivity contribution >= 4 is 5.69 Å². The van der Waals surface area contributed by atoms with Crippen LogP contribution >= 0.6 is 0 Å². The van der Waals surface area contributed by atoms with Gasteiger partial charge in [0.25, 0.3) is 0 Å². The molecule has 3 N–H and O–H groups in total. The van der Waals surface area contributed by atoms with Crippen molar-refractivity contribution in [3.8, 4) is 0 Å². The predicted molar refractivity (Wildman–Crippen MR) is 46.4 cm³/mol. The molecule has 0 saturated heterocycles. The first-order valence-corrected chi connectivity index (χ1v) is 3.77. The van der Waals surface area contributed by atoms with Gasteiger partial charge in [0, 0.05) is 24.6 Å². The average molecular weight is 151 g/mol. The molecule has 1 heterocycles. The lowest BCUT2D eigenvalue weighted by molar-refractivity contribution is 0.874. The molecule has 1 aromatic rings. The van der Waals surface area contributed by atoms with Crippen LogP contribution in [0, 0.1) is 0 Å². The van der Waals surface area contributed by atoms with E-state index in [0.717, 1.165) is 25.2 Å². The molecule has 0 saturated carbocycles. The van der Waals surface area contributed by atoms with Gasteiger partial charge in [-0.1, -0.05) is 0 Å². The van der Waals surface area contributed by atoms with E-state index in [9.17, 15) is 0 Å². The monoisotopic (exact) mass is 151 g/mol. The smallest absolute Gasteiger partial charge is 0.0371 e. The van der Waals surface area contributed by atoms with Crippen molar-refractivity contribution in [2.75, 3.05) is 18.4 Å². The van der Waals surface area contributed by atoms with E-state index < -0.39 is 0 Å². The zero-order chi connectivity index (χ0) is 7.94. The Morgan fingerprint density at radius 3 is 2.73 bits per heavy atom. The minimum atomic E-state index is 0.734. The van der Waals surface area contributed by atoms with Gasteiger partial charge in [-0.3, -0.25) is 4.98 Å². The van der Waals surface area contributed by atoms with E-state index in [1.807, 2.05) is 12.1 Å². The van der Waals surface area contributed by atoms with Gasteiger partial charge in [-0.25, -0.2) is 0 Å². The number of nitrogens with zero attached hydrogens (tertiary/aromatic N) is 1. The third-order valence-electron chi connectivity index (χ3n) is 1.39. The van der Waals surface area contributed by atoms with Gasteiger partial charge >= 0.3 is 0 Å². The molecule has 11 heavy (non-hydrogen) atoms. The maximum Gasteiger partial charge on any atom is 0.0371 e. The van der Waals surface area contributed by atoms with Crippen LogP contribution in [0.15, 0.2) is 24.5 Å². The zero-order valence-corrected chi connectivity index (χ0v) is 6.46. The van der Waals surface area contributed by atoms with Crippen molar-refractivity contribution in [2.45, 2.75) is 6.42 Å². The fourth-order valence-corrected chi connectivity index (χ4v) is 0.805. The Kier molecular flexibility index (Phi) is 3.41. The van der Waals surface area contributed by atoms with Crippen LogP contribution in [-0.2, 0) is 0 Å². The molecule has 0 unspecified atom stereocenters. The highest BCUT2D eigenvalue weighted by molar-refractivity contribution is 5.40. The molecule has 3 heteroatoms. The number of rotatable bonds is 4. The minimum absolute atomic E-state index is 0.734. The largest absolute Gasteiger partial charge is 0.385 e. The van der Waals surface area contributed by atoms with Gasteiger partial charge in [0.15, 0.2) is 0 Å². The summed E-state index contributed by atoms with van der Waals surface area (Å²) in [4.78, 5) is 3.91. The van der Waals surface area contributed by atoms with Crippen LogP contribution in [0.5, 0.6) is 0 Å². The molecule has 0 aliphatic heterocycles. The van der Waals surface area contributed by atoms with Gasteiger partial charge in [-0.15, -0.1) is 0 Å². The van der Waals surface area contributed by atoms with Gasteiger partial charge < -0.3 is 11.1 Å². The molecule has 0 radical (unpaired) electrons. The molecule has 0 aliphatic rings. The van der Waals surface area contributed by atoms with Crippen LogP contribution in [0.4, 0.5) is 5.69 Å². The standard InChI is InChI=1S/C8H13N3/c9-4-1-5-11-8-2-6-10-7-3-8/h2-3,6-7H,1,4-5,9H2,(H,10,11). The summed E-state index contributed by atoms with van der Waals surface area (Å²) in [6.07, 6.45) is 4.54. The van der Waals surface area contributed by atoms with Gasteiger partial charge in [0.1, 0.15) is 0 Å². The third-order valence-corrected chi connectivity index (χ3v) is 1.39. The molecule has 0 atom stereocenters. The lowest BCUT2D eigenvalue weighted by atomic mass is 10.3. The molecule has 3 nitrogen and oxygen atoms in total. The Hall–Kier alpha value is -1.09. The molecular weight excluding hydrogens is 138 g/mol. The lowest BCUT2D eigenvalue weighted by Gasteiger charge is -2.02. The second-order valence-electron chi connectivity index (χ2n) is 2.30. The van der Waals surface area contributed by atoms with E-state index in [1.165, 1.54) is 0 Å². The summed E-state index contributed by atoms with van der Waals surface area (Å²) in [6, 6.07) is 3.88. The van der Waals surface area contributed by atoms with Crippen LogP contribution < -0.4 is 11.1 Å². The molecule has 60 valence electrons. The predicted octanol–water partition coefficient (Wildman–Crippen LogP) is 0.842. The van der Waals surface area contributed by atoms with E-state index in [-0.39, 0.29) is 0 Å². The molecule has 0 aromatic carbocycles. The van der Waals surface area contributed by atoms with E-state index in [0.29, 0.717) is 0 Å². The SMILES string of the molecule is NCCCNc1ccncc1. The fraction of sp³-hybridized carbons (Fsp3) is 0.375. The first kappa shape index (κ1) is 8.01. The fourth-order valence-electron chi connectivity index (χ4n) is 0.805. The van der Waals surface area contributed by atoms with E-state index in [2.05, 4.69) is 10.3 Å². The second kappa shape index (κ2) is 4.68. The minimum Gasteiger partial charge on any atom is -0.385 e. The molecule has 0 spiro atoms. The van der Waals surface area contributed by atoms with E-state index in [1.54, 1.807) is 12.4 Å². The Morgan fingerprint density at radius 1 is 1.36 bits per heavy atom. The van der Waals surface area contributed by atoms with Crippen molar-refractivity contribution in [3.05, 3.63) is 24.5 Å². The summed E-state index contributed by atoms with van der Waals surface area (Å²) < 4.78 is 0. The number of anilines is 1. The van der Waals surface area contributed by atoms with Crippen LogP contribution in [0.3, 0.4) is 0 Å². The molecule has 0 amide bonds. The number of aromatic nitrogens is 1. The Labute approximate surface area is 66.6 Å². The summed E-state index contributed by atoms with van der Waals surface area (Å²) in [5, 5.41) is 3.23. The summed E-state index contributed by atoms with van der Waals surface area (Å²) in [6.45, 7) is 1.67. The van der Waals surface area contributed by atoms with Crippen molar-refractivity contribution in [1.82, 2.24) is 4.98 Å². The topological polar surface area (TPSA) is 50.9 Å². The van der Waals surface area contributed by atoms with Gasteiger partial charge in [0.2, 0.25) is 0 Å². The van der Waals surface area contributed by atoms with Gasteiger partial charge in [0.05, 0.1) is 0 Å². The van der Waals surface area contributed by atoms with Gasteiger partial charge in [-0.05, 0) is 25.1 Å². The summed E-state index contributed by atoms with van der Waals surface area (Å²) >= 11 is 0. The van der Waals surface area contributed by atoms with E-state index in [4.69, 9.17) is 5.73 Å². The highest BCUT2D eigenvalue weighted by Gasteiger charge is 1.86. The van der Waals surface area contributed by atoms with Crippen molar-refractivity contribution in [1.29, 1.82) is 0 Å². The molecule has 0 bridgehead atoms. The maximum atomic E-state index is 5.34. The lowest BCUT2D eigenvalue weighted by Crippen LogP contribution is -2.08. The quantitative estimate of drug-likeness (QED) is 0.627. The van der Waals surface area contributed by atoms with Crippen molar-refractivity contribution in [2.24, 2.45) is 5.73 Å². The number of hydrogen-bond donors (Lipinski definition) is 2. The highest BCUT2D eigenvalue weighted by atomic mass is 14.9.